The van der Waals surface area contributed by atoms with Crippen LogP contribution in [-0.4, -0.2) is 24.3 Å². The Morgan fingerprint density at radius 2 is 1.81 bits per heavy atom. The molecule has 5 nitrogen and oxygen atoms in total. The molecule has 9 heteroatoms. The number of aliphatic hydroxyl groups excluding tert-OH is 1. The maximum atomic E-state index is 13.6. The zero-order valence-electron chi connectivity index (χ0n) is 25.1. The molecule has 1 aliphatic heterocycles. The largest absolute Gasteiger partial charge is 0.511 e. The van der Waals surface area contributed by atoms with Crippen LogP contribution in [-0.2, 0) is 27.8 Å². The molecule has 43 heavy (non-hydrogen) atoms. The van der Waals surface area contributed by atoms with Crippen molar-refractivity contribution in [2.24, 2.45) is 0 Å². The van der Waals surface area contributed by atoms with Crippen molar-refractivity contribution in [2.75, 3.05) is 0 Å². The van der Waals surface area contributed by atoms with Gasteiger partial charge in [0.05, 0.1) is 17.3 Å². The van der Waals surface area contributed by atoms with E-state index in [1.54, 1.807) is 17.4 Å². The molecular weight excluding hydrogens is 612 g/mol. The Bertz CT molecular complexity index is 1650. The summed E-state index contributed by atoms with van der Waals surface area (Å²) in [6, 6.07) is 23.6. The summed E-state index contributed by atoms with van der Waals surface area (Å²) in [5.74, 6) is -0.344. The van der Waals surface area contributed by atoms with Gasteiger partial charge in [-0.15, -0.1) is 0 Å². The fourth-order valence-electron chi connectivity index (χ4n) is 4.82. The number of aromatic nitrogens is 1. The highest BCUT2D eigenvalue weighted by atomic mass is 35.5. The lowest BCUT2D eigenvalue weighted by molar-refractivity contribution is -0.119. The molecule has 1 atom stereocenters. The molecular formula is C34H37ClN2O3S2Si. The number of nitrogens with one attached hydrogen (secondary N) is 1. The number of halogens is 1. The number of rotatable bonds is 9. The molecule has 0 fully saturated rings. The molecule has 1 aliphatic rings. The molecule has 0 saturated carbocycles. The van der Waals surface area contributed by atoms with E-state index in [0.29, 0.717) is 28.6 Å². The minimum atomic E-state index is -1.86. The van der Waals surface area contributed by atoms with Gasteiger partial charge in [0.2, 0.25) is 0 Å². The minimum absolute atomic E-state index is 0.0153. The fourth-order valence-corrected chi connectivity index (χ4v) is 7.63. The summed E-state index contributed by atoms with van der Waals surface area (Å²) in [4.78, 5) is 19.6. The number of benzene rings is 2. The highest BCUT2D eigenvalue weighted by Crippen LogP contribution is 2.44. The molecule has 2 aromatic heterocycles. The van der Waals surface area contributed by atoms with Crippen LogP contribution in [0.2, 0.25) is 23.2 Å². The van der Waals surface area contributed by atoms with E-state index in [4.69, 9.17) is 21.0 Å². The van der Waals surface area contributed by atoms with E-state index >= 15 is 0 Å². The highest BCUT2D eigenvalue weighted by Gasteiger charge is 2.44. The van der Waals surface area contributed by atoms with Gasteiger partial charge in [-0.1, -0.05) is 86.6 Å². The first kappa shape index (κ1) is 31.5. The molecule has 2 aromatic carbocycles. The van der Waals surface area contributed by atoms with Gasteiger partial charge < -0.3 is 14.8 Å². The van der Waals surface area contributed by atoms with Crippen molar-refractivity contribution in [3.63, 3.8) is 0 Å². The van der Waals surface area contributed by atoms with Crippen LogP contribution >= 0.6 is 34.7 Å². The average Bonchev–Trinajstić information content (AvgIpc) is 3.50. The molecule has 0 spiro atoms. The molecule has 1 unspecified atom stereocenters. The van der Waals surface area contributed by atoms with Crippen LogP contribution in [0.25, 0.3) is 0 Å². The third-order valence-electron chi connectivity index (χ3n) is 8.32. The van der Waals surface area contributed by atoms with Gasteiger partial charge in [-0.05, 0) is 75.9 Å². The van der Waals surface area contributed by atoms with Crippen LogP contribution in [0.1, 0.15) is 55.3 Å². The van der Waals surface area contributed by atoms with E-state index in [0.717, 1.165) is 22.4 Å². The Morgan fingerprint density at radius 1 is 1.07 bits per heavy atom. The Kier molecular flexibility index (Phi) is 9.25. The van der Waals surface area contributed by atoms with Gasteiger partial charge in [0.25, 0.3) is 5.91 Å². The number of nitrogens with zero attached hydrogens (tertiary/aromatic N) is 1. The van der Waals surface area contributed by atoms with E-state index in [-0.39, 0.29) is 28.0 Å². The standard InChI is InChI=1S/C34H37ClN2O3S2Si/c1-33(2,3)43(4,5)40-21-24-11-8-10-23(18-24)19-26-12-9-15-30(36-26)34(25-16-17-41-22-25)20-28(38)31(32(39)37-34)42-29-14-7-6-13-27(29)35/h6-18,22,38H,19-21H2,1-5H3,(H,37,39). The number of carbonyl (C=O) groups excluding carboxylic acids is 1. The van der Waals surface area contributed by atoms with E-state index < -0.39 is 13.9 Å². The number of pyridine rings is 1. The van der Waals surface area contributed by atoms with E-state index in [9.17, 15) is 9.90 Å². The van der Waals surface area contributed by atoms with Crippen molar-refractivity contribution in [1.82, 2.24) is 10.3 Å². The summed E-state index contributed by atoms with van der Waals surface area (Å²) >= 11 is 9.07. The second-order valence-corrected chi connectivity index (χ2v) is 19.5. The van der Waals surface area contributed by atoms with Crippen molar-refractivity contribution in [1.29, 1.82) is 0 Å². The second-order valence-electron chi connectivity index (χ2n) is 12.4. The topological polar surface area (TPSA) is 71.5 Å². The predicted molar refractivity (Wildman–Crippen MR) is 180 cm³/mol. The molecule has 0 bridgehead atoms. The zero-order chi connectivity index (χ0) is 30.8. The lowest BCUT2D eigenvalue weighted by Crippen LogP contribution is -2.51. The van der Waals surface area contributed by atoms with Crippen molar-refractivity contribution in [2.45, 2.75) is 68.8 Å². The second kappa shape index (κ2) is 12.6. The van der Waals surface area contributed by atoms with Crippen LogP contribution in [0.3, 0.4) is 0 Å². The first-order valence-corrected chi connectivity index (χ1v) is 19.3. The third kappa shape index (κ3) is 6.94. The quantitative estimate of drug-likeness (QED) is 0.177. The summed E-state index contributed by atoms with van der Waals surface area (Å²) in [5, 5.41) is 19.2. The number of thiophene rings is 1. The van der Waals surface area contributed by atoms with Gasteiger partial charge in [0, 0.05) is 23.4 Å². The van der Waals surface area contributed by atoms with E-state index in [1.165, 1.54) is 11.8 Å². The molecule has 2 N–H and O–H groups in total. The van der Waals surface area contributed by atoms with Gasteiger partial charge in [-0.3, -0.25) is 9.78 Å². The Hall–Kier alpha value is -2.88. The smallest absolute Gasteiger partial charge is 0.262 e. The van der Waals surface area contributed by atoms with E-state index in [1.807, 2.05) is 53.2 Å². The van der Waals surface area contributed by atoms with Crippen molar-refractivity contribution in [3.05, 3.63) is 127 Å². The molecule has 0 aliphatic carbocycles. The van der Waals surface area contributed by atoms with Crippen LogP contribution in [0.15, 0.2) is 99.1 Å². The molecule has 5 rings (SSSR count). The number of aliphatic hydroxyl groups is 1. The van der Waals surface area contributed by atoms with Crippen LogP contribution in [0.4, 0.5) is 0 Å². The normalized spacial score (nSPS) is 17.7. The molecule has 4 aromatic rings. The van der Waals surface area contributed by atoms with Crippen LogP contribution in [0, 0.1) is 0 Å². The average molecular weight is 649 g/mol. The van der Waals surface area contributed by atoms with Crippen LogP contribution < -0.4 is 5.32 Å². The number of thioether (sulfide) groups is 1. The molecule has 3 heterocycles. The Morgan fingerprint density at radius 3 is 2.51 bits per heavy atom. The maximum Gasteiger partial charge on any atom is 0.262 e. The maximum absolute atomic E-state index is 13.6. The lowest BCUT2D eigenvalue weighted by atomic mass is 9.81. The Balaban J connectivity index is 1.42. The summed E-state index contributed by atoms with van der Waals surface area (Å²) in [6.07, 6.45) is 0.809. The zero-order valence-corrected chi connectivity index (χ0v) is 28.5. The number of carbonyl (C=O) groups is 1. The monoisotopic (exact) mass is 648 g/mol. The molecule has 0 radical (unpaired) electrons. The van der Waals surface area contributed by atoms with Crippen molar-refractivity contribution in [3.8, 4) is 0 Å². The summed E-state index contributed by atoms with van der Waals surface area (Å²) in [5.41, 5.74) is 3.73. The molecule has 224 valence electrons. The number of amides is 1. The predicted octanol–water partition coefficient (Wildman–Crippen LogP) is 9.23. The first-order chi connectivity index (χ1) is 20.4. The summed E-state index contributed by atoms with van der Waals surface area (Å²) < 4.78 is 6.46. The summed E-state index contributed by atoms with van der Waals surface area (Å²) in [6.45, 7) is 11.9. The van der Waals surface area contributed by atoms with Crippen molar-refractivity contribution >= 4 is 48.9 Å². The molecule has 1 amide bonds. The van der Waals surface area contributed by atoms with Gasteiger partial charge in [0.1, 0.15) is 16.2 Å². The van der Waals surface area contributed by atoms with Gasteiger partial charge in [-0.2, -0.15) is 11.3 Å². The van der Waals surface area contributed by atoms with Crippen molar-refractivity contribution < 1.29 is 14.3 Å². The highest BCUT2D eigenvalue weighted by molar-refractivity contribution is 8.04. The summed E-state index contributed by atoms with van der Waals surface area (Å²) in [7, 11) is -1.86. The molecule has 0 saturated heterocycles. The number of hydrogen-bond donors (Lipinski definition) is 2. The van der Waals surface area contributed by atoms with Gasteiger partial charge in [-0.25, -0.2) is 0 Å². The third-order valence-corrected chi connectivity index (χ3v) is 15.1. The fraction of sp³-hybridized carbons (Fsp3) is 0.294. The van der Waals surface area contributed by atoms with E-state index in [2.05, 4.69) is 63.4 Å². The lowest BCUT2D eigenvalue weighted by Gasteiger charge is -2.38. The van der Waals surface area contributed by atoms with Gasteiger partial charge >= 0.3 is 0 Å². The number of hydrogen-bond acceptors (Lipinski definition) is 6. The van der Waals surface area contributed by atoms with Gasteiger partial charge in [0.15, 0.2) is 8.32 Å². The van der Waals surface area contributed by atoms with Crippen LogP contribution in [0.5, 0.6) is 0 Å². The first-order valence-electron chi connectivity index (χ1n) is 14.3. The SMILES string of the molecule is CC(C)(C)[Si](C)(C)OCc1cccc(Cc2cccc(C3(c4ccsc4)CC(O)=C(Sc4ccccc4Cl)C(=O)N3)n2)c1. The minimum Gasteiger partial charge on any atom is -0.511 e. The Labute approximate surface area is 268 Å².